The SMILES string of the molecule is Cc1c(C(=O)NC(C)(C)CN)nnn1-c1ccc2ncccc2c1.Cl.Cl. The van der Waals surface area contributed by atoms with Gasteiger partial charge in [0.25, 0.3) is 5.91 Å². The third-order valence-electron chi connectivity index (χ3n) is 3.90. The van der Waals surface area contributed by atoms with Crippen molar-refractivity contribution in [2.75, 3.05) is 6.54 Å². The molecular weight excluding hydrogens is 375 g/mol. The van der Waals surface area contributed by atoms with Crippen molar-refractivity contribution in [3.8, 4) is 5.69 Å². The Hall–Kier alpha value is -2.22. The Bertz CT molecular complexity index is 909. The number of benzene rings is 1. The molecule has 0 atom stereocenters. The zero-order valence-corrected chi connectivity index (χ0v) is 16.4. The van der Waals surface area contributed by atoms with Crippen molar-refractivity contribution in [3.05, 3.63) is 47.9 Å². The molecule has 140 valence electrons. The summed E-state index contributed by atoms with van der Waals surface area (Å²) in [7, 11) is 0. The van der Waals surface area contributed by atoms with E-state index < -0.39 is 5.54 Å². The molecule has 0 aliphatic carbocycles. The summed E-state index contributed by atoms with van der Waals surface area (Å²) in [5.41, 5.74) is 7.86. The van der Waals surface area contributed by atoms with Crippen LogP contribution >= 0.6 is 24.8 Å². The summed E-state index contributed by atoms with van der Waals surface area (Å²) in [6, 6.07) is 9.66. The quantitative estimate of drug-likeness (QED) is 0.705. The summed E-state index contributed by atoms with van der Waals surface area (Å²) < 4.78 is 1.65. The molecule has 0 unspecified atom stereocenters. The molecule has 3 N–H and O–H groups in total. The molecule has 9 heteroatoms. The number of hydrogen-bond donors (Lipinski definition) is 2. The van der Waals surface area contributed by atoms with Crippen LogP contribution in [0.3, 0.4) is 0 Å². The Morgan fingerprint density at radius 1 is 1.27 bits per heavy atom. The number of hydrogen-bond acceptors (Lipinski definition) is 5. The summed E-state index contributed by atoms with van der Waals surface area (Å²) >= 11 is 0. The lowest BCUT2D eigenvalue weighted by molar-refractivity contribution is 0.0910. The van der Waals surface area contributed by atoms with E-state index in [1.807, 2.05) is 51.1 Å². The zero-order chi connectivity index (χ0) is 17.3. The number of halogens is 2. The van der Waals surface area contributed by atoms with Crippen LogP contribution in [-0.4, -0.2) is 38.0 Å². The van der Waals surface area contributed by atoms with Crippen LogP contribution < -0.4 is 11.1 Å². The molecule has 0 saturated carbocycles. The highest BCUT2D eigenvalue weighted by atomic mass is 35.5. The van der Waals surface area contributed by atoms with Crippen LogP contribution in [0.2, 0.25) is 0 Å². The molecule has 3 rings (SSSR count). The van der Waals surface area contributed by atoms with Gasteiger partial charge in [0.1, 0.15) is 0 Å². The minimum absolute atomic E-state index is 0. The van der Waals surface area contributed by atoms with E-state index in [0.717, 1.165) is 16.6 Å². The molecule has 0 bridgehead atoms. The predicted molar refractivity (Wildman–Crippen MR) is 106 cm³/mol. The maximum absolute atomic E-state index is 12.4. The first-order valence-electron chi connectivity index (χ1n) is 7.71. The molecule has 2 heterocycles. The third kappa shape index (κ3) is 4.30. The predicted octanol–water partition coefficient (Wildman–Crippen LogP) is 2.43. The van der Waals surface area contributed by atoms with Crippen molar-refractivity contribution in [2.24, 2.45) is 5.73 Å². The van der Waals surface area contributed by atoms with Crippen molar-refractivity contribution in [3.63, 3.8) is 0 Å². The molecule has 0 fully saturated rings. The number of amides is 1. The molecule has 0 saturated heterocycles. The zero-order valence-electron chi connectivity index (χ0n) is 14.8. The second kappa shape index (κ2) is 8.44. The smallest absolute Gasteiger partial charge is 0.274 e. The van der Waals surface area contributed by atoms with E-state index in [1.54, 1.807) is 10.9 Å². The van der Waals surface area contributed by atoms with Gasteiger partial charge in [-0.15, -0.1) is 29.9 Å². The molecule has 2 aromatic heterocycles. The fourth-order valence-corrected chi connectivity index (χ4v) is 2.40. The first kappa shape index (κ1) is 21.8. The molecule has 3 aromatic rings. The van der Waals surface area contributed by atoms with E-state index in [-0.39, 0.29) is 30.7 Å². The number of aromatic nitrogens is 4. The van der Waals surface area contributed by atoms with Crippen molar-refractivity contribution in [1.29, 1.82) is 0 Å². The number of pyridine rings is 1. The normalized spacial score (nSPS) is 10.8. The minimum Gasteiger partial charge on any atom is -0.344 e. The van der Waals surface area contributed by atoms with Crippen LogP contribution in [0.1, 0.15) is 30.0 Å². The van der Waals surface area contributed by atoms with E-state index in [2.05, 4.69) is 20.6 Å². The van der Waals surface area contributed by atoms with Crippen LogP contribution in [-0.2, 0) is 0 Å². The van der Waals surface area contributed by atoms with Gasteiger partial charge in [-0.25, -0.2) is 4.68 Å². The molecule has 26 heavy (non-hydrogen) atoms. The van der Waals surface area contributed by atoms with Crippen LogP contribution in [0.4, 0.5) is 0 Å². The van der Waals surface area contributed by atoms with Crippen molar-refractivity contribution in [1.82, 2.24) is 25.3 Å². The first-order valence-corrected chi connectivity index (χ1v) is 7.71. The molecule has 1 aromatic carbocycles. The van der Waals surface area contributed by atoms with Gasteiger partial charge in [0, 0.05) is 23.7 Å². The van der Waals surface area contributed by atoms with E-state index in [9.17, 15) is 4.79 Å². The van der Waals surface area contributed by atoms with Crippen LogP contribution in [0.25, 0.3) is 16.6 Å². The average molecular weight is 397 g/mol. The number of rotatable bonds is 4. The van der Waals surface area contributed by atoms with Gasteiger partial charge < -0.3 is 11.1 Å². The lowest BCUT2D eigenvalue weighted by atomic mass is 10.1. The largest absolute Gasteiger partial charge is 0.344 e. The Morgan fingerprint density at radius 3 is 2.69 bits per heavy atom. The molecule has 0 spiro atoms. The number of nitrogens with one attached hydrogen (secondary N) is 1. The monoisotopic (exact) mass is 396 g/mol. The van der Waals surface area contributed by atoms with Crippen molar-refractivity contribution >= 4 is 41.6 Å². The van der Waals surface area contributed by atoms with Gasteiger partial charge in [-0.2, -0.15) is 0 Å². The standard InChI is InChI=1S/C17H20N6O.2ClH/c1-11-15(16(24)20-17(2,3)10-18)21-22-23(11)13-6-7-14-12(9-13)5-4-8-19-14;;/h4-9H,10,18H2,1-3H3,(H,20,24);2*1H. The Kier molecular flexibility index (Phi) is 7.08. The Balaban J connectivity index is 0.00000169. The number of nitrogens with two attached hydrogens (primary N) is 1. The van der Waals surface area contributed by atoms with E-state index >= 15 is 0 Å². The summed E-state index contributed by atoms with van der Waals surface area (Å²) in [6.45, 7) is 5.88. The second-order valence-electron chi connectivity index (χ2n) is 6.36. The van der Waals surface area contributed by atoms with Gasteiger partial charge in [-0.1, -0.05) is 11.3 Å². The van der Waals surface area contributed by atoms with Crippen molar-refractivity contribution < 1.29 is 4.79 Å². The first-order chi connectivity index (χ1) is 11.4. The molecule has 0 radical (unpaired) electrons. The van der Waals surface area contributed by atoms with Crippen molar-refractivity contribution in [2.45, 2.75) is 26.3 Å². The number of nitrogens with zero attached hydrogens (tertiary/aromatic N) is 4. The highest BCUT2D eigenvalue weighted by Gasteiger charge is 2.23. The topological polar surface area (TPSA) is 98.7 Å². The molecule has 0 aliphatic rings. The lowest BCUT2D eigenvalue weighted by Crippen LogP contribution is -2.49. The third-order valence-corrected chi connectivity index (χ3v) is 3.90. The maximum Gasteiger partial charge on any atom is 0.274 e. The molecule has 7 nitrogen and oxygen atoms in total. The highest BCUT2D eigenvalue weighted by molar-refractivity contribution is 5.93. The summed E-state index contributed by atoms with van der Waals surface area (Å²) in [4.78, 5) is 16.7. The number of carbonyl (C=O) groups is 1. The average Bonchev–Trinajstić information content (AvgIpc) is 2.95. The molecular formula is C17H22Cl2N6O. The molecule has 0 aliphatic heterocycles. The number of fused-ring (bicyclic) bond motifs is 1. The minimum atomic E-state index is -0.498. The maximum atomic E-state index is 12.4. The van der Waals surface area contributed by atoms with E-state index in [1.165, 1.54) is 0 Å². The van der Waals surface area contributed by atoms with Gasteiger partial charge in [-0.3, -0.25) is 9.78 Å². The summed E-state index contributed by atoms with van der Waals surface area (Å²) in [5.74, 6) is -0.281. The van der Waals surface area contributed by atoms with E-state index in [4.69, 9.17) is 5.73 Å². The Morgan fingerprint density at radius 2 is 2.00 bits per heavy atom. The molecule has 1 amide bonds. The fraction of sp³-hybridized carbons (Fsp3) is 0.294. The Labute approximate surface area is 164 Å². The van der Waals surface area contributed by atoms with Crippen LogP contribution in [0.5, 0.6) is 0 Å². The van der Waals surface area contributed by atoms with Gasteiger partial charge in [0.2, 0.25) is 0 Å². The van der Waals surface area contributed by atoms with Gasteiger partial charge in [0.05, 0.1) is 16.9 Å². The summed E-state index contributed by atoms with van der Waals surface area (Å²) in [6.07, 6.45) is 1.75. The van der Waals surface area contributed by atoms with Crippen LogP contribution in [0.15, 0.2) is 36.5 Å². The second-order valence-corrected chi connectivity index (χ2v) is 6.36. The summed E-state index contributed by atoms with van der Waals surface area (Å²) in [5, 5.41) is 12.0. The number of carbonyl (C=O) groups excluding carboxylic acids is 1. The van der Waals surface area contributed by atoms with Gasteiger partial charge in [-0.05, 0) is 45.0 Å². The van der Waals surface area contributed by atoms with Gasteiger partial charge >= 0.3 is 0 Å². The fourth-order valence-electron chi connectivity index (χ4n) is 2.40. The highest BCUT2D eigenvalue weighted by Crippen LogP contribution is 2.18. The van der Waals surface area contributed by atoms with Gasteiger partial charge in [0.15, 0.2) is 5.69 Å². The van der Waals surface area contributed by atoms with Crippen LogP contribution in [0, 0.1) is 6.92 Å². The van der Waals surface area contributed by atoms with E-state index in [0.29, 0.717) is 17.9 Å². The lowest BCUT2D eigenvalue weighted by Gasteiger charge is -2.23.